The van der Waals surface area contributed by atoms with E-state index in [1.165, 1.54) is 11.9 Å². The molecule has 2 atom stereocenters. The Hall–Kier alpha value is -3.75. The van der Waals surface area contributed by atoms with Crippen LogP contribution >= 0.6 is 0 Å². The van der Waals surface area contributed by atoms with Crippen molar-refractivity contribution < 1.29 is 19.1 Å². The summed E-state index contributed by atoms with van der Waals surface area (Å²) in [5.74, 6) is -0.391. The van der Waals surface area contributed by atoms with E-state index < -0.39 is 5.97 Å². The predicted molar refractivity (Wildman–Crippen MR) is 116 cm³/mol. The Morgan fingerprint density at radius 1 is 1.06 bits per heavy atom. The van der Waals surface area contributed by atoms with Gasteiger partial charge in [-0.15, -0.1) is 0 Å². The number of rotatable bonds is 5. The van der Waals surface area contributed by atoms with Crippen LogP contribution in [0.1, 0.15) is 46.0 Å². The summed E-state index contributed by atoms with van der Waals surface area (Å²) in [6, 6.07) is 9.02. The number of methoxy groups -OCH3 is 1. The van der Waals surface area contributed by atoms with Crippen molar-refractivity contribution in [3.63, 3.8) is 0 Å². The van der Waals surface area contributed by atoms with Crippen molar-refractivity contribution in [2.24, 2.45) is 0 Å². The lowest BCUT2D eigenvalue weighted by molar-refractivity contribution is 0.0358. The third-order valence-electron chi connectivity index (χ3n) is 5.66. The molecule has 0 unspecified atom stereocenters. The van der Waals surface area contributed by atoms with Gasteiger partial charge in [0.25, 0.3) is 5.91 Å². The molecular weight excluding hydrogens is 410 g/mol. The van der Waals surface area contributed by atoms with Gasteiger partial charge in [0.05, 0.1) is 37.3 Å². The lowest BCUT2D eigenvalue weighted by Crippen LogP contribution is -2.49. The normalized spacial score (nSPS) is 18.3. The van der Waals surface area contributed by atoms with E-state index in [-0.39, 0.29) is 23.9 Å². The molecule has 0 N–H and O–H groups in total. The Labute approximate surface area is 186 Å². The topological polar surface area (TPSA) is 99.4 Å². The number of aryl methyl sites for hydroxylation is 1. The number of piperidine rings is 1. The maximum Gasteiger partial charge on any atom is 0.343 e. The highest BCUT2D eigenvalue weighted by atomic mass is 16.5. The molecule has 32 heavy (non-hydrogen) atoms. The number of aromatic nitrogens is 4. The van der Waals surface area contributed by atoms with Crippen molar-refractivity contribution >= 4 is 11.9 Å². The minimum atomic E-state index is -0.497. The van der Waals surface area contributed by atoms with Crippen molar-refractivity contribution in [2.45, 2.75) is 38.8 Å². The van der Waals surface area contributed by atoms with Crippen LogP contribution in [-0.2, 0) is 4.74 Å². The molecule has 0 saturated carbocycles. The van der Waals surface area contributed by atoms with Crippen LogP contribution in [0, 0.1) is 6.92 Å². The van der Waals surface area contributed by atoms with Crippen LogP contribution in [0.4, 0.5) is 0 Å². The molecular formula is C23H25N5O4. The predicted octanol–water partition coefficient (Wildman–Crippen LogP) is 2.83. The zero-order valence-electron chi connectivity index (χ0n) is 18.3. The summed E-state index contributed by atoms with van der Waals surface area (Å²) in [5.41, 5.74) is 2.16. The molecule has 0 spiro atoms. The molecule has 0 aliphatic carbocycles. The molecule has 9 heteroatoms. The van der Waals surface area contributed by atoms with Gasteiger partial charge in [-0.05, 0) is 50.5 Å². The molecule has 0 bridgehead atoms. The number of esters is 1. The summed E-state index contributed by atoms with van der Waals surface area (Å²) in [4.78, 5) is 33.2. The maximum atomic E-state index is 13.5. The van der Waals surface area contributed by atoms with E-state index >= 15 is 0 Å². The first-order valence-corrected chi connectivity index (χ1v) is 10.5. The van der Waals surface area contributed by atoms with Crippen LogP contribution in [-0.4, -0.2) is 62.6 Å². The number of benzene rings is 1. The highest BCUT2D eigenvalue weighted by Gasteiger charge is 2.33. The molecule has 166 valence electrons. The number of para-hydroxylation sites is 1. The number of carbonyl (C=O) groups excluding carboxylic acids is 2. The fourth-order valence-electron chi connectivity index (χ4n) is 3.91. The minimum Gasteiger partial charge on any atom is -0.472 e. The zero-order chi connectivity index (χ0) is 22.7. The molecule has 0 radical (unpaired) electrons. The summed E-state index contributed by atoms with van der Waals surface area (Å²) in [5, 5.41) is 8.33. The second-order valence-corrected chi connectivity index (χ2v) is 7.76. The first-order chi connectivity index (χ1) is 15.5. The first-order valence-electron chi connectivity index (χ1n) is 10.5. The lowest BCUT2D eigenvalue weighted by Gasteiger charge is -2.38. The minimum absolute atomic E-state index is 0.0338. The number of hydrogen-bond acceptors (Lipinski definition) is 7. The van der Waals surface area contributed by atoms with Gasteiger partial charge in [-0.1, -0.05) is 12.1 Å². The standard InChI is InChI=1S/C23H25N5O4/c1-15-10-11-24-21(20(15)23(30)31-3)32-17-9-8-16(2)27(14-17)22(29)18-6-4-5-7-19(18)28-25-12-13-26-28/h4-7,10-13,16-17H,8-9,14H2,1-3H3/t16-,17-/m1/s1. The summed E-state index contributed by atoms with van der Waals surface area (Å²) in [7, 11) is 1.33. The van der Waals surface area contributed by atoms with Crippen molar-refractivity contribution in [3.8, 4) is 11.6 Å². The van der Waals surface area contributed by atoms with E-state index in [0.717, 1.165) is 18.4 Å². The van der Waals surface area contributed by atoms with E-state index in [4.69, 9.17) is 9.47 Å². The van der Waals surface area contributed by atoms with Gasteiger partial charge >= 0.3 is 5.97 Å². The zero-order valence-corrected chi connectivity index (χ0v) is 18.3. The number of pyridine rings is 1. The van der Waals surface area contributed by atoms with E-state index in [1.807, 2.05) is 25.1 Å². The molecule has 1 aliphatic heterocycles. The number of hydrogen-bond donors (Lipinski definition) is 0. The molecule has 1 aromatic carbocycles. The largest absolute Gasteiger partial charge is 0.472 e. The van der Waals surface area contributed by atoms with Crippen molar-refractivity contribution in [1.82, 2.24) is 24.9 Å². The van der Waals surface area contributed by atoms with Gasteiger partial charge in [0, 0.05) is 12.2 Å². The Kier molecular flexibility index (Phi) is 6.16. The number of nitrogens with zero attached hydrogens (tertiary/aromatic N) is 5. The van der Waals surface area contributed by atoms with Gasteiger partial charge in [0.15, 0.2) is 0 Å². The monoisotopic (exact) mass is 435 g/mol. The molecule has 9 nitrogen and oxygen atoms in total. The van der Waals surface area contributed by atoms with Gasteiger partial charge in [-0.2, -0.15) is 15.0 Å². The van der Waals surface area contributed by atoms with E-state index in [2.05, 4.69) is 15.2 Å². The molecule has 1 saturated heterocycles. The fraction of sp³-hybridized carbons (Fsp3) is 0.348. The highest BCUT2D eigenvalue weighted by Crippen LogP contribution is 2.27. The number of carbonyl (C=O) groups is 2. The molecule has 4 rings (SSSR count). The van der Waals surface area contributed by atoms with Crippen LogP contribution in [0.5, 0.6) is 5.88 Å². The van der Waals surface area contributed by atoms with Crippen LogP contribution in [0.3, 0.4) is 0 Å². The Balaban J connectivity index is 1.58. The van der Waals surface area contributed by atoms with Crippen molar-refractivity contribution in [2.75, 3.05) is 13.7 Å². The van der Waals surface area contributed by atoms with E-state index in [1.54, 1.807) is 42.5 Å². The second kappa shape index (κ2) is 9.17. The SMILES string of the molecule is COC(=O)c1c(C)ccnc1O[C@@H]1CC[C@@H](C)N(C(=O)c2ccccc2-n2nccn2)C1. The third kappa shape index (κ3) is 4.18. The molecule has 2 aromatic heterocycles. The average molecular weight is 435 g/mol. The van der Waals surface area contributed by atoms with E-state index in [0.29, 0.717) is 23.4 Å². The van der Waals surface area contributed by atoms with Gasteiger partial charge in [-0.3, -0.25) is 4.79 Å². The van der Waals surface area contributed by atoms with E-state index in [9.17, 15) is 9.59 Å². The summed E-state index contributed by atoms with van der Waals surface area (Å²) >= 11 is 0. The molecule has 3 heterocycles. The number of amides is 1. The quantitative estimate of drug-likeness (QED) is 0.568. The van der Waals surface area contributed by atoms with Gasteiger partial charge in [0.2, 0.25) is 5.88 Å². The van der Waals surface area contributed by atoms with Gasteiger partial charge in [0.1, 0.15) is 11.7 Å². The smallest absolute Gasteiger partial charge is 0.343 e. The maximum absolute atomic E-state index is 13.5. The van der Waals surface area contributed by atoms with Crippen molar-refractivity contribution in [1.29, 1.82) is 0 Å². The summed E-state index contributed by atoms with van der Waals surface area (Å²) in [6.45, 7) is 4.20. The average Bonchev–Trinajstić information content (AvgIpc) is 3.34. The number of ether oxygens (including phenoxy) is 2. The summed E-state index contributed by atoms with van der Waals surface area (Å²) < 4.78 is 11.0. The molecule has 3 aromatic rings. The second-order valence-electron chi connectivity index (χ2n) is 7.76. The van der Waals surface area contributed by atoms with Gasteiger partial charge in [-0.25, -0.2) is 9.78 Å². The fourth-order valence-corrected chi connectivity index (χ4v) is 3.91. The Morgan fingerprint density at radius 2 is 1.81 bits per heavy atom. The van der Waals surface area contributed by atoms with Crippen LogP contribution < -0.4 is 4.74 Å². The highest BCUT2D eigenvalue weighted by molar-refractivity contribution is 5.98. The Morgan fingerprint density at radius 3 is 2.56 bits per heavy atom. The number of likely N-dealkylation sites (tertiary alicyclic amines) is 1. The molecule has 1 amide bonds. The molecule has 1 aliphatic rings. The third-order valence-corrected chi connectivity index (χ3v) is 5.66. The summed E-state index contributed by atoms with van der Waals surface area (Å²) in [6.07, 6.45) is 5.94. The molecule has 1 fully saturated rings. The Bertz CT molecular complexity index is 1120. The first kappa shape index (κ1) is 21.5. The van der Waals surface area contributed by atoms with Crippen LogP contribution in [0.25, 0.3) is 5.69 Å². The van der Waals surface area contributed by atoms with Crippen LogP contribution in [0.2, 0.25) is 0 Å². The van der Waals surface area contributed by atoms with Gasteiger partial charge < -0.3 is 14.4 Å². The lowest BCUT2D eigenvalue weighted by atomic mass is 9.99. The van der Waals surface area contributed by atoms with Crippen molar-refractivity contribution in [3.05, 3.63) is 65.6 Å². The van der Waals surface area contributed by atoms with Crippen LogP contribution in [0.15, 0.2) is 48.9 Å².